The molecule has 0 aliphatic heterocycles. The monoisotopic (exact) mass is 262 g/mol. The zero-order chi connectivity index (χ0) is 14.9. The average Bonchev–Trinajstić information content (AvgIpc) is 2.54. The highest BCUT2D eigenvalue weighted by Crippen LogP contribution is 2.34. The van der Waals surface area contributed by atoms with E-state index in [1.807, 2.05) is 54.7 Å². The number of benzene rings is 2. The third kappa shape index (κ3) is 2.32. The smallest absolute Gasteiger partial charge is 0.0559 e. The molecule has 1 atom stereocenters. The molecule has 1 heteroatoms. The molecule has 0 fully saturated rings. The molecule has 0 aliphatic rings. The van der Waals surface area contributed by atoms with Crippen LogP contribution in [-0.4, -0.2) is 4.98 Å². The van der Waals surface area contributed by atoms with E-state index in [-0.39, 0.29) is 5.92 Å². The second kappa shape index (κ2) is 5.46. The minimum Gasteiger partial charge on any atom is -0.260 e. The fourth-order valence-electron chi connectivity index (χ4n) is 2.70. The van der Waals surface area contributed by atoms with Crippen LogP contribution in [0, 0.1) is 5.92 Å². The van der Waals surface area contributed by atoms with Gasteiger partial charge in [0.1, 0.15) is 0 Å². The Bertz CT molecular complexity index is 746. The minimum atomic E-state index is -0.845. The quantitative estimate of drug-likeness (QED) is 0.645. The highest BCUT2D eigenvalue weighted by Gasteiger charge is 2.21. The fraction of sp³-hybridized carbons (Fsp3) is 0.211. The number of nitrogens with zero attached hydrogens (tertiary/aromatic N) is 1. The van der Waals surface area contributed by atoms with Gasteiger partial charge < -0.3 is 0 Å². The van der Waals surface area contributed by atoms with E-state index >= 15 is 0 Å². The van der Waals surface area contributed by atoms with Crippen LogP contribution in [0.4, 0.5) is 0 Å². The van der Waals surface area contributed by atoms with Crippen LogP contribution in [0.25, 0.3) is 10.8 Å². The zero-order valence-electron chi connectivity index (χ0n) is 12.9. The normalized spacial score (nSPS) is 15.1. The van der Waals surface area contributed by atoms with E-state index in [0.29, 0.717) is 0 Å². The summed E-state index contributed by atoms with van der Waals surface area (Å²) in [6.45, 7) is 4.17. The number of fused-ring (bicyclic) bond motifs is 1. The maximum absolute atomic E-state index is 9.18. The number of aromatic nitrogens is 1. The highest BCUT2D eigenvalue weighted by molar-refractivity contribution is 5.85. The molecule has 0 bridgehead atoms. The topological polar surface area (TPSA) is 12.9 Å². The molecule has 3 rings (SSSR count). The molecule has 1 aromatic heterocycles. The van der Waals surface area contributed by atoms with E-state index in [2.05, 4.69) is 31.0 Å². The Morgan fingerprint density at radius 3 is 2.35 bits per heavy atom. The maximum atomic E-state index is 9.18. The Labute approximate surface area is 121 Å². The van der Waals surface area contributed by atoms with Gasteiger partial charge in [-0.2, -0.15) is 0 Å². The summed E-state index contributed by atoms with van der Waals surface area (Å²) in [7, 11) is 0. The largest absolute Gasteiger partial charge is 0.260 e. The van der Waals surface area contributed by atoms with E-state index in [1.54, 1.807) is 0 Å². The summed E-state index contributed by atoms with van der Waals surface area (Å²) >= 11 is 0. The van der Waals surface area contributed by atoms with Crippen molar-refractivity contribution < 1.29 is 1.37 Å². The van der Waals surface area contributed by atoms with Crippen molar-refractivity contribution in [3.8, 4) is 0 Å². The summed E-state index contributed by atoms with van der Waals surface area (Å²) in [6.07, 6.45) is 1.81. The lowest BCUT2D eigenvalue weighted by molar-refractivity contribution is 0.556. The Morgan fingerprint density at radius 1 is 0.900 bits per heavy atom. The first kappa shape index (κ1) is 11.7. The van der Waals surface area contributed by atoms with Gasteiger partial charge >= 0.3 is 0 Å². The molecule has 0 saturated heterocycles. The van der Waals surface area contributed by atoms with Crippen molar-refractivity contribution in [2.75, 3.05) is 0 Å². The lowest BCUT2D eigenvalue weighted by Crippen LogP contribution is -2.10. The van der Waals surface area contributed by atoms with E-state index in [4.69, 9.17) is 0 Å². The summed E-state index contributed by atoms with van der Waals surface area (Å²) in [4.78, 5) is 4.59. The van der Waals surface area contributed by atoms with Gasteiger partial charge in [0, 0.05) is 18.8 Å². The average molecular weight is 262 g/mol. The van der Waals surface area contributed by atoms with Gasteiger partial charge in [-0.3, -0.25) is 4.98 Å². The van der Waals surface area contributed by atoms with Crippen molar-refractivity contribution in [3.63, 3.8) is 0 Å². The minimum absolute atomic E-state index is 0.123. The second-order valence-electron chi connectivity index (χ2n) is 5.32. The fourth-order valence-corrected chi connectivity index (χ4v) is 2.70. The number of pyridine rings is 1. The van der Waals surface area contributed by atoms with Gasteiger partial charge in [0.05, 0.1) is 5.69 Å². The van der Waals surface area contributed by atoms with Gasteiger partial charge in [-0.1, -0.05) is 68.4 Å². The third-order valence-corrected chi connectivity index (χ3v) is 3.59. The lowest BCUT2D eigenvalue weighted by Gasteiger charge is -2.22. The van der Waals surface area contributed by atoms with E-state index in [1.165, 1.54) is 0 Å². The first-order valence-electron chi connectivity index (χ1n) is 7.54. The second-order valence-corrected chi connectivity index (χ2v) is 5.32. The van der Waals surface area contributed by atoms with E-state index in [9.17, 15) is 1.37 Å². The first-order valence-corrected chi connectivity index (χ1v) is 7.04. The maximum Gasteiger partial charge on any atom is 0.0559 e. The van der Waals surface area contributed by atoms with Crippen molar-refractivity contribution in [1.82, 2.24) is 4.98 Å². The molecular weight excluding hydrogens is 242 g/mol. The van der Waals surface area contributed by atoms with Crippen LogP contribution in [0.3, 0.4) is 0 Å². The SMILES string of the molecule is [2H]C(c1ccccc1)(c1nccc2ccccc12)C(C)C. The Balaban J connectivity index is 2.31. The van der Waals surface area contributed by atoms with E-state index < -0.39 is 5.89 Å². The highest BCUT2D eigenvalue weighted by atomic mass is 14.7. The third-order valence-electron chi connectivity index (χ3n) is 3.59. The summed E-state index contributed by atoms with van der Waals surface area (Å²) < 4.78 is 9.18. The summed E-state index contributed by atoms with van der Waals surface area (Å²) in [5, 5.41) is 2.20. The molecule has 0 N–H and O–H groups in total. The van der Waals surface area contributed by atoms with Crippen molar-refractivity contribution >= 4 is 10.8 Å². The van der Waals surface area contributed by atoms with Gasteiger partial charge in [-0.15, -0.1) is 0 Å². The molecular formula is C19H19N. The molecule has 0 amide bonds. The Kier molecular flexibility index (Phi) is 3.18. The van der Waals surface area contributed by atoms with Crippen molar-refractivity contribution in [2.24, 2.45) is 5.92 Å². The van der Waals surface area contributed by atoms with Crippen LogP contribution in [0.1, 0.15) is 32.4 Å². The van der Waals surface area contributed by atoms with Gasteiger partial charge in [0.2, 0.25) is 0 Å². The summed E-state index contributed by atoms with van der Waals surface area (Å²) in [5.41, 5.74) is 1.82. The molecule has 1 nitrogen and oxygen atoms in total. The molecule has 0 aliphatic carbocycles. The van der Waals surface area contributed by atoms with Crippen LogP contribution in [0.15, 0.2) is 66.9 Å². The lowest BCUT2D eigenvalue weighted by atomic mass is 9.83. The molecule has 0 radical (unpaired) electrons. The number of rotatable bonds is 3. The first-order chi connectivity index (χ1) is 10.1. The molecule has 3 aromatic rings. The summed E-state index contributed by atoms with van der Waals surface area (Å²) in [5.74, 6) is -0.722. The number of hydrogen-bond donors (Lipinski definition) is 0. The zero-order valence-corrected chi connectivity index (χ0v) is 11.9. The molecule has 2 aromatic carbocycles. The predicted molar refractivity (Wildman–Crippen MR) is 84.9 cm³/mol. The van der Waals surface area contributed by atoms with Crippen LogP contribution in [-0.2, 0) is 0 Å². The van der Waals surface area contributed by atoms with Crippen molar-refractivity contribution in [2.45, 2.75) is 19.7 Å². The van der Waals surface area contributed by atoms with Crippen molar-refractivity contribution in [1.29, 1.82) is 0 Å². The van der Waals surface area contributed by atoms with Gasteiger partial charge in [0.15, 0.2) is 0 Å². The van der Waals surface area contributed by atoms with E-state index in [0.717, 1.165) is 22.0 Å². The standard InChI is InChI=1S/C19H19N/c1-14(2)18(16-9-4-3-5-10-16)19-17-11-7-6-8-15(17)12-13-20-19/h3-14,18H,1-2H3/i18D. The summed E-state index contributed by atoms with van der Waals surface area (Å²) in [6, 6.07) is 20.2. The Hall–Kier alpha value is -2.15. The predicted octanol–water partition coefficient (Wildman–Crippen LogP) is 5.02. The van der Waals surface area contributed by atoms with Crippen molar-refractivity contribution in [3.05, 3.63) is 78.1 Å². The molecule has 100 valence electrons. The molecule has 1 heterocycles. The molecule has 20 heavy (non-hydrogen) atoms. The molecule has 1 unspecified atom stereocenters. The van der Waals surface area contributed by atoms with Gasteiger partial charge in [-0.25, -0.2) is 0 Å². The van der Waals surface area contributed by atoms with Gasteiger partial charge in [0.25, 0.3) is 0 Å². The van der Waals surface area contributed by atoms with Crippen LogP contribution >= 0.6 is 0 Å². The number of hydrogen-bond acceptors (Lipinski definition) is 1. The Morgan fingerprint density at radius 2 is 1.60 bits per heavy atom. The molecule has 0 saturated carbocycles. The van der Waals surface area contributed by atoms with Crippen LogP contribution in [0.5, 0.6) is 0 Å². The molecule has 0 spiro atoms. The van der Waals surface area contributed by atoms with Gasteiger partial charge in [-0.05, 0) is 22.9 Å². The van der Waals surface area contributed by atoms with Crippen LogP contribution in [0.2, 0.25) is 0 Å². The van der Waals surface area contributed by atoms with Crippen LogP contribution < -0.4 is 0 Å².